The lowest BCUT2D eigenvalue weighted by atomic mass is 10.0. The van der Waals surface area contributed by atoms with Gasteiger partial charge in [0.05, 0.1) is 11.7 Å². The number of fused-ring (bicyclic) bond motifs is 2. The molecule has 1 aromatic carbocycles. The third-order valence-electron chi connectivity index (χ3n) is 4.85. The van der Waals surface area contributed by atoms with Gasteiger partial charge in [-0.2, -0.15) is 0 Å². The second kappa shape index (κ2) is 5.65. The van der Waals surface area contributed by atoms with Gasteiger partial charge >= 0.3 is 0 Å². The number of piperidine rings is 1. The first kappa shape index (κ1) is 15.5. The van der Waals surface area contributed by atoms with Crippen molar-refractivity contribution in [1.29, 1.82) is 0 Å². The highest BCUT2D eigenvalue weighted by molar-refractivity contribution is 7.91. The van der Waals surface area contributed by atoms with E-state index in [9.17, 15) is 17.6 Å². The Morgan fingerprint density at radius 2 is 1.73 bits per heavy atom. The van der Waals surface area contributed by atoms with Gasteiger partial charge in [0.2, 0.25) is 5.91 Å². The molecule has 0 aromatic heterocycles. The van der Waals surface area contributed by atoms with Crippen molar-refractivity contribution in [3.8, 4) is 0 Å². The summed E-state index contributed by atoms with van der Waals surface area (Å²) < 4.78 is 36.4. The fraction of sp³-hybridized carbons (Fsp3) is 0.562. The van der Waals surface area contributed by atoms with Gasteiger partial charge in [-0.05, 0) is 43.4 Å². The molecule has 2 fully saturated rings. The molecule has 0 saturated carbocycles. The highest BCUT2D eigenvalue weighted by atomic mass is 32.2. The van der Waals surface area contributed by atoms with E-state index in [2.05, 4.69) is 0 Å². The number of nitrogens with zero attached hydrogens (tertiary/aromatic N) is 1. The zero-order chi connectivity index (χ0) is 15.9. The summed E-state index contributed by atoms with van der Waals surface area (Å²) in [5, 5.41) is -0.320. The molecule has 2 aliphatic heterocycles. The van der Waals surface area contributed by atoms with E-state index >= 15 is 0 Å². The molecule has 0 spiro atoms. The van der Waals surface area contributed by atoms with Crippen molar-refractivity contribution in [3.63, 3.8) is 0 Å². The van der Waals surface area contributed by atoms with E-state index in [1.807, 2.05) is 4.90 Å². The van der Waals surface area contributed by atoms with Crippen LogP contribution in [0.3, 0.4) is 0 Å². The van der Waals surface area contributed by atoms with Gasteiger partial charge in [-0.1, -0.05) is 12.1 Å². The van der Waals surface area contributed by atoms with Crippen LogP contribution in [0.1, 0.15) is 31.2 Å². The maximum atomic E-state index is 12.9. The molecular weight excluding hydrogens is 305 g/mol. The van der Waals surface area contributed by atoms with Crippen LogP contribution >= 0.6 is 0 Å². The van der Waals surface area contributed by atoms with E-state index in [-0.39, 0.29) is 35.5 Å². The zero-order valence-electron chi connectivity index (χ0n) is 12.5. The lowest BCUT2D eigenvalue weighted by Crippen LogP contribution is -2.50. The average molecular weight is 325 g/mol. The Balaban J connectivity index is 1.71. The third-order valence-corrected chi connectivity index (χ3v) is 6.45. The predicted molar refractivity (Wildman–Crippen MR) is 81.6 cm³/mol. The van der Waals surface area contributed by atoms with Crippen LogP contribution in [0.4, 0.5) is 4.39 Å². The van der Waals surface area contributed by atoms with E-state index < -0.39 is 9.84 Å². The molecule has 2 saturated heterocycles. The highest BCUT2D eigenvalue weighted by Crippen LogP contribution is 2.38. The van der Waals surface area contributed by atoms with Gasteiger partial charge < -0.3 is 4.90 Å². The minimum absolute atomic E-state index is 0.0195. The summed E-state index contributed by atoms with van der Waals surface area (Å²) in [6.07, 6.45) is 4.39. The summed E-state index contributed by atoms with van der Waals surface area (Å²) in [7, 11) is -3.04. The van der Waals surface area contributed by atoms with Crippen molar-refractivity contribution in [2.75, 3.05) is 6.26 Å². The smallest absolute Gasteiger partial charge is 0.227 e. The van der Waals surface area contributed by atoms with Crippen molar-refractivity contribution in [2.24, 2.45) is 0 Å². The number of hydrogen-bond acceptors (Lipinski definition) is 3. The topological polar surface area (TPSA) is 54.5 Å². The Labute approximate surface area is 130 Å². The maximum Gasteiger partial charge on any atom is 0.227 e. The van der Waals surface area contributed by atoms with Crippen LogP contribution in [0.2, 0.25) is 0 Å². The number of carbonyl (C=O) groups is 1. The van der Waals surface area contributed by atoms with E-state index in [1.54, 1.807) is 12.1 Å². The Hall–Kier alpha value is -1.43. The van der Waals surface area contributed by atoms with Gasteiger partial charge in [-0.25, -0.2) is 12.8 Å². The summed E-state index contributed by atoms with van der Waals surface area (Å²) in [5.41, 5.74) is 0.788. The van der Waals surface area contributed by atoms with Crippen molar-refractivity contribution in [3.05, 3.63) is 35.6 Å². The van der Waals surface area contributed by atoms with Gasteiger partial charge in [0.25, 0.3) is 0 Å². The molecule has 0 radical (unpaired) electrons. The molecule has 2 aliphatic rings. The fourth-order valence-electron chi connectivity index (χ4n) is 3.75. The molecule has 22 heavy (non-hydrogen) atoms. The highest BCUT2D eigenvalue weighted by Gasteiger charge is 2.45. The summed E-state index contributed by atoms with van der Waals surface area (Å²) >= 11 is 0. The number of benzene rings is 1. The predicted octanol–water partition coefficient (Wildman–Crippen LogP) is 1.93. The Morgan fingerprint density at radius 3 is 2.23 bits per heavy atom. The lowest BCUT2D eigenvalue weighted by Gasteiger charge is -2.38. The lowest BCUT2D eigenvalue weighted by molar-refractivity contribution is -0.134. The molecule has 3 atom stereocenters. The van der Waals surface area contributed by atoms with Crippen LogP contribution in [-0.2, 0) is 21.1 Å². The first-order valence-corrected chi connectivity index (χ1v) is 9.54. The minimum atomic E-state index is -3.04. The third kappa shape index (κ3) is 3.02. The molecule has 1 aromatic rings. The van der Waals surface area contributed by atoms with Crippen LogP contribution in [0.5, 0.6) is 0 Å². The van der Waals surface area contributed by atoms with E-state index in [4.69, 9.17) is 0 Å². The molecule has 3 rings (SSSR count). The maximum absolute atomic E-state index is 12.9. The molecule has 120 valence electrons. The Morgan fingerprint density at radius 1 is 1.18 bits per heavy atom. The quantitative estimate of drug-likeness (QED) is 0.853. The van der Waals surface area contributed by atoms with Crippen molar-refractivity contribution >= 4 is 15.7 Å². The van der Waals surface area contributed by atoms with Crippen LogP contribution in [0, 0.1) is 5.82 Å². The fourth-order valence-corrected chi connectivity index (χ4v) is 4.90. The number of halogens is 1. The number of sulfone groups is 1. The minimum Gasteiger partial charge on any atom is -0.336 e. The van der Waals surface area contributed by atoms with Gasteiger partial charge in [0, 0.05) is 18.3 Å². The van der Waals surface area contributed by atoms with E-state index in [0.29, 0.717) is 12.8 Å². The van der Waals surface area contributed by atoms with Gasteiger partial charge in [0.15, 0.2) is 0 Å². The summed E-state index contributed by atoms with van der Waals surface area (Å²) in [6.45, 7) is 0. The molecule has 0 aliphatic carbocycles. The summed E-state index contributed by atoms with van der Waals surface area (Å²) in [5.74, 6) is -0.295. The average Bonchev–Trinajstić information content (AvgIpc) is 2.70. The standard InChI is InChI=1S/C16H20FNO3S/c1-22(20,21)15-9-13-6-7-14(10-15)18(13)16(19)8-11-2-4-12(17)5-3-11/h2-5,13-15H,6-10H2,1H3/t13-,14+,15?. The molecule has 2 bridgehead atoms. The molecule has 1 unspecified atom stereocenters. The number of hydrogen-bond donors (Lipinski definition) is 0. The molecule has 1 amide bonds. The van der Waals surface area contributed by atoms with E-state index in [0.717, 1.165) is 18.4 Å². The molecular formula is C16H20FNO3S. The number of amides is 1. The molecule has 0 N–H and O–H groups in total. The van der Waals surface area contributed by atoms with Crippen molar-refractivity contribution < 1.29 is 17.6 Å². The monoisotopic (exact) mass is 325 g/mol. The Kier molecular flexibility index (Phi) is 3.97. The summed E-state index contributed by atoms with van der Waals surface area (Å²) in [4.78, 5) is 14.4. The normalized spacial score (nSPS) is 27.9. The second-order valence-corrected chi connectivity index (χ2v) is 8.74. The second-order valence-electron chi connectivity index (χ2n) is 6.41. The van der Waals surface area contributed by atoms with Gasteiger partial charge in [0.1, 0.15) is 15.7 Å². The summed E-state index contributed by atoms with van der Waals surface area (Å²) in [6, 6.07) is 6.02. The number of carbonyl (C=O) groups excluding carboxylic acids is 1. The van der Waals surface area contributed by atoms with E-state index in [1.165, 1.54) is 18.4 Å². The molecule has 2 heterocycles. The molecule has 6 heteroatoms. The molecule has 4 nitrogen and oxygen atoms in total. The zero-order valence-corrected chi connectivity index (χ0v) is 13.4. The van der Waals surface area contributed by atoms with Crippen LogP contribution in [0.15, 0.2) is 24.3 Å². The largest absolute Gasteiger partial charge is 0.336 e. The van der Waals surface area contributed by atoms with Crippen LogP contribution in [-0.4, -0.2) is 42.8 Å². The van der Waals surface area contributed by atoms with Crippen LogP contribution < -0.4 is 0 Å². The number of rotatable bonds is 3. The van der Waals surface area contributed by atoms with Gasteiger partial charge in [-0.3, -0.25) is 4.79 Å². The Bertz CT molecular complexity index is 657. The first-order valence-electron chi connectivity index (χ1n) is 7.59. The first-order chi connectivity index (χ1) is 10.3. The van der Waals surface area contributed by atoms with Crippen molar-refractivity contribution in [2.45, 2.75) is 49.4 Å². The van der Waals surface area contributed by atoms with Crippen molar-refractivity contribution in [1.82, 2.24) is 4.90 Å². The van der Waals surface area contributed by atoms with Crippen LogP contribution in [0.25, 0.3) is 0 Å². The SMILES string of the molecule is CS(=O)(=O)C1C[C@H]2CC[C@@H](C1)N2C(=O)Cc1ccc(F)cc1. The van der Waals surface area contributed by atoms with Gasteiger partial charge in [-0.15, -0.1) is 0 Å².